The van der Waals surface area contributed by atoms with Crippen molar-refractivity contribution in [3.63, 3.8) is 0 Å². The molecule has 0 amide bonds. The Kier molecular flexibility index (Phi) is 15.0. The lowest BCUT2D eigenvalue weighted by Crippen LogP contribution is -2.55. The van der Waals surface area contributed by atoms with Crippen molar-refractivity contribution >= 4 is 0 Å². The minimum atomic E-state index is -0.624. The molecule has 7 unspecified atom stereocenters. The molecule has 0 bridgehead atoms. The maximum absolute atomic E-state index is 12.5. The number of benzene rings is 2. The lowest BCUT2D eigenvalue weighted by atomic mass is 9.49. The molecule has 6 aliphatic rings. The van der Waals surface area contributed by atoms with Crippen LogP contribution in [-0.2, 0) is 12.8 Å². The van der Waals surface area contributed by atoms with Gasteiger partial charge in [0.25, 0.3) is 0 Å². The summed E-state index contributed by atoms with van der Waals surface area (Å²) in [6.45, 7) is 23.0. The standard InChI is InChI=1S/C36H58O.C23H32O/c1-6-7-8-13-16-27(2)17-14-11-9-10-12-15-24-36(37)26-35(5)29(4)19-23-33(35)32-22-20-30-25-28(3)18-21-31(30)34(32)36;1-5-12-23(24)14-22(4)16(3)7-11-20(22)19-10-8-17-13-15(2)6-9-18(17)21(19)23/h12,15,18,21,25,27,29,32-34,37H,6-11,13-14,16-17,19-20,22-24,26H2,1-5H3;5-6,9,13,16,19-21,24H,1,7-8,10-12,14H2,2-4H3/t27?,29-,32?,33?,34?,35+,36-;16-,19?,20?,21?,22+,23-/m00/s1. The zero-order chi connectivity index (χ0) is 43.6. The van der Waals surface area contributed by atoms with Gasteiger partial charge in [-0.25, -0.2) is 0 Å². The summed E-state index contributed by atoms with van der Waals surface area (Å²) in [5, 5.41) is 24.3. The topological polar surface area (TPSA) is 40.5 Å². The monoisotopic (exact) mass is 831 g/mol. The first-order valence-corrected chi connectivity index (χ1v) is 26.1. The fourth-order valence-corrected chi connectivity index (χ4v) is 15.7. The van der Waals surface area contributed by atoms with E-state index < -0.39 is 11.2 Å². The van der Waals surface area contributed by atoms with Gasteiger partial charge in [-0.3, -0.25) is 0 Å². The number of fused-ring (bicyclic) bond motifs is 10. The maximum Gasteiger partial charge on any atom is 0.0758 e. The Balaban J connectivity index is 0.000000201. The first-order chi connectivity index (χ1) is 29.2. The first kappa shape index (κ1) is 46.8. The van der Waals surface area contributed by atoms with Gasteiger partial charge in [0.1, 0.15) is 0 Å². The van der Waals surface area contributed by atoms with Gasteiger partial charge in [0.2, 0.25) is 0 Å². The van der Waals surface area contributed by atoms with Crippen LogP contribution in [0.15, 0.2) is 61.2 Å². The van der Waals surface area contributed by atoms with E-state index in [1.807, 2.05) is 6.08 Å². The first-order valence-electron chi connectivity index (χ1n) is 26.1. The number of hydrogen-bond acceptors (Lipinski definition) is 2. The van der Waals surface area contributed by atoms with E-state index in [0.717, 1.165) is 55.3 Å². The van der Waals surface area contributed by atoms with Crippen LogP contribution < -0.4 is 0 Å². The van der Waals surface area contributed by atoms with E-state index >= 15 is 0 Å². The number of rotatable bonds is 15. The number of allylic oxidation sites excluding steroid dienone is 1. The van der Waals surface area contributed by atoms with Crippen LogP contribution >= 0.6 is 0 Å². The van der Waals surface area contributed by atoms with Gasteiger partial charge in [-0.05, 0) is 178 Å². The van der Waals surface area contributed by atoms with Gasteiger partial charge in [0.15, 0.2) is 0 Å². The van der Waals surface area contributed by atoms with E-state index in [1.165, 1.54) is 149 Å². The highest BCUT2D eigenvalue weighted by atomic mass is 16.3. The second kappa shape index (κ2) is 19.5. The summed E-state index contributed by atoms with van der Waals surface area (Å²) in [5.41, 5.74) is 7.96. The summed E-state index contributed by atoms with van der Waals surface area (Å²) in [6.07, 6.45) is 34.0. The van der Waals surface area contributed by atoms with Crippen LogP contribution in [0.3, 0.4) is 0 Å². The summed E-state index contributed by atoms with van der Waals surface area (Å²) >= 11 is 0. The average Bonchev–Trinajstić information content (AvgIpc) is 3.68. The van der Waals surface area contributed by atoms with Crippen molar-refractivity contribution in [2.45, 2.75) is 220 Å². The predicted octanol–water partition coefficient (Wildman–Crippen LogP) is 15.7. The van der Waals surface area contributed by atoms with E-state index in [4.69, 9.17) is 0 Å². The molecule has 2 nitrogen and oxygen atoms in total. The number of aliphatic hydroxyl groups is 2. The van der Waals surface area contributed by atoms with Crippen molar-refractivity contribution in [3.8, 4) is 0 Å². The lowest BCUT2D eigenvalue weighted by Gasteiger charge is -2.58. The van der Waals surface area contributed by atoms with Crippen LogP contribution in [0.5, 0.6) is 0 Å². The van der Waals surface area contributed by atoms with E-state index in [0.29, 0.717) is 34.5 Å². The van der Waals surface area contributed by atoms with Gasteiger partial charge < -0.3 is 10.2 Å². The Hall–Kier alpha value is -2.16. The van der Waals surface area contributed by atoms with Gasteiger partial charge in [-0.1, -0.05) is 159 Å². The largest absolute Gasteiger partial charge is 0.389 e. The molecule has 2 N–H and O–H groups in total. The fourth-order valence-electron chi connectivity index (χ4n) is 15.7. The quantitative estimate of drug-likeness (QED) is 0.139. The zero-order valence-corrected chi connectivity index (χ0v) is 40.6. The molecule has 4 saturated carbocycles. The SMILES string of the molecule is C=CC[C@]1(O)C[C@@]2(C)C(CC[C@@H]2C)C2CCc3cc(C)ccc3C21.CCCCCCC(C)CCCCCC=CC[C@]1(O)C[C@@]2(C)C(CC[C@@H]2C)C2CCc3cc(C)ccc3C21. The smallest absolute Gasteiger partial charge is 0.0758 e. The normalized spacial score (nSPS) is 37.7. The van der Waals surface area contributed by atoms with Gasteiger partial charge in [0.05, 0.1) is 11.2 Å². The minimum absolute atomic E-state index is 0.291. The third kappa shape index (κ3) is 9.49. The fraction of sp³-hybridized carbons (Fsp3) is 0.729. The molecular weight excluding hydrogens is 741 g/mol. The van der Waals surface area contributed by atoms with Gasteiger partial charge in [-0.2, -0.15) is 0 Å². The molecular formula is C59H90O2. The summed E-state index contributed by atoms with van der Waals surface area (Å²) in [5.74, 6) is 5.77. The zero-order valence-electron chi connectivity index (χ0n) is 40.6. The highest BCUT2D eigenvalue weighted by Crippen LogP contribution is 2.68. The molecule has 6 aliphatic carbocycles. The second-order valence-electron chi connectivity index (χ2n) is 23.3. The van der Waals surface area contributed by atoms with Crippen LogP contribution in [0.4, 0.5) is 0 Å². The maximum atomic E-state index is 12.5. The Bertz CT molecular complexity index is 1810. The highest BCUT2D eigenvalue weighted by molar-refractivity contribution is 5.42. The molecule has 2 aromatic rings. The molecule has 4 fully saturated rings. The van der Waals surface area contributed by atoms with Crippen molar-refractivity contribution in [2.24, 2.45) is 52.3 Å². The molecule has 0 spiro atoms. The van der Waals surface area contributed by atoms with Crippen LogP contribution in [0, 0.1) is 66.1 Å². The van der Waals surface area contributed by atoms with Gasteiger partial charge in [-0.15, -0.1) is 6.58 Å². The number of hydrogen-bond donors (Lipinski definition) is 2. The number of unbranched alkanes of at least 4 members (excludes halogenated alkanes) is 6. The van der Waals surface area contributed by atoms with Crippen LogP contribution in [-0.4, -0.2) is 21.4 Å². The molecule has 8 rings (SSSR count). The average molecular weight is 831 g/mol. The molecule has 0 radical (unpaired) electrons. The molecule has 0 saturated heterocycles. The molecule has 0 aliphatic heterocycles. The van der Waals surface area contributed by atoms with Gasteiger partial charge >= 0.3 is 0 Å². The molecule has 13 atom stereocenters. The lowest BCUT2D eigenvalue weighted by molar-refractivity contribution is -0.122. The van der Waals surface area contributed by atoms with E-state index in [1.54, 1.807) is 0 Å². The number of aryl methyl sites for hydroxylation is 4. The second-order valence-corrected chi connectivity index (χ2v) is 23.3. The third-order valence-electron chi connectivity index (χ3n) is 19.2. The Morgan fingerprint density at radius 3 is 1.64 bits per heavy atom. The Morgan fingerprint density at radius 2 is 1.15 bits per heavy atom. The van der Waals surface area contributed by atoms with Crippen LogP contribution in [0.1, 0.15) is 215 Å². The summed E-state index contributed by atoms with van der Waals surface area (Å²) in [4.78, 5) is 0. The van der Waals surface area contributed by atoms with Crippen molar-refractivity contribution in [2.75, 3.05) is 0 Å². The highest BCUT2D eigenvalue weighted by Gasteiger charge is 2.62. The molecule has 2 aromatic carbocycles. The molecule has 61 heavy (non-hydrogen) atoms. The molecule has 338 valence electrons. The van der Waals surface area contributed by atoms with E-state index in [2.05, 4.69) is 111 Å². The van der Waals surface area contributed by atoms with Crippen LogP contribution in [0.25, 0.3) is 0 Å². The van der Waals surface area contributed by atoms with Crippen molar-refractivity contribution in [3.05, 3.63) is 94.6 Å². The Labute approximate surface area is 375 Å². The third-order valence-corrected chi connectivity index (χ3v) is 19.2. The summed E-state index contributed by atoms with van der Waals surface area (Å²) < 4.78 is 0. The van der Waals surface area contributed by atoms with Crippen molar-refractivity contribution in [1.29, 1.82) is 0 Å². The minimum Gasteiger partial charge on any atom is -0.389 e. The van der Waals surface area contributed by atoms with Gasteiger partial charge in [0, 0.05) is 11.8 Å². The Morgan fingerprint density at radius 1 is 0.656 bits per heavy atom. The molecule has 0 aromatic heterocycles. The predicted molar refractivity (Wildman–Crippen MR) is 260 cm³/mol. The molecule has 2 heteroatoms. The van der Waals surface area contributed by atoms with E-state index in [9.17, 15) is 10.2 Å². The van der Waals surface area contributed by atoms with E-state index in [-0.39, 0.29) is 0 Å². The van der Waals surface area contributed by atoms with Crippen molar-refractivity contribution in [1.82, 2.24) is 0 Å². The summed E-state index contributed by atoms with van der Waals surface area (Å²) in [6, 6.07) is 14.0. The summed E-state index contributed by atoms with van der Waals surface area (Å²) in [7, 11) is 0. The molecule has 0 heterocycles. The van der Waals surface area contributed by atoms with Crippen LogP contribution in [0.2, 0.25) is 0 Å². The van der Waals surface area contributed by atoms with Crippen molar-refractivity contribution < 1.29 is 10.2 Å².